The maximum atomic E-state index is 8.40. The van der Waals surface area contributed by atoms with E-state index in [4.69, 9.17) is 28.8 Å². The molecule has 6 N–H and O–H groups in total. The van der Waals surface area contributed by atoms with Crippen molar-refractivity contribution in [1.29, 1.82) is 0 Å². The lowest BCUT2D eigenvalue weighted by Gasteiger charge is -2.06. The zero-order valence-electron chi connectivity index (χ0n) is 7.80. The van der Waals surface area contributed by atoms with Crippen LogP contribution in [0.5, 0.6) is 0 Å². The van der Waals surface area contributed by atoms with Crippen LogP contribution in [0, 0.1) is 0 Å². The molecule has 0 aromatic rings. The Labute approximate surface area is 79.5 Å². The van der Waals surface area contributed by atoms with Gasteiger partial charge in [0, 0.05) is 12.6 Å². The standard InChI is InChI=1S/C4H12O3Si.CH6O3Si/c1-2-3-4-8(5,6)7;1-5(2,3)4/h5-7H,2-4H2,1H3;2-4H,1H3. The van der Waals surface area contributed by atoms with Gasteiger partial charge in [-0.25, -0.2) is 0 Å². The van der Waals surface area contributed by atoms with Crippen molar-refractivity contribution in [1.82, 2.24) is 0 Å². The Kier molecular flexibility index (Phi) is 7.97. The number of rotatable bonds is 3. The van der Waals surface area contributed by atoms with Crippen LogP contribution in [0.15, 0.2) is 0 Å². The van der Waals surface area contributed by atoms with E-state index in [1.165, 1.54) is 0 Å². The molecule has 0 rings (SSSR count). The highest BCUT2D eigenvalue weighted by Gasteiger charge is 2.24. The topological polar surface area (TPSA) is 121 Å². The summed E-state index contributed by atoms with van der Waals surface area (Å²) in [5.41, 5.74) is 0. The Morgan fingerprint density at radius 3 is 1.31 bits per heavy atom. The van der Waals surface area contributed by atoms with Crippen molar-refractivity contribution in [3.63, 3.8) is 0 Å². The van der Waals surface area contributed by atoms with Crippen LogP contribution in [-0.2, 0) is 0 Å². The smallest absolute Gasteiger partial charge is 0.390 e. The minimum Gasteiger partial charge on any atom is -0.390 e. The Hall–Kier alpha value is 0.194. The van der Waals surface area contributed by atoms with E-state index in [-0.39, 0.29) is 6.04 Å². The molecule has 0 heterocycles. The van der Waals surface area contributed by atoms with E-state index in [0.29, 0.717) is 6.42 Å². The molecule has 0 radical (unpaired) electrons. The molecule has 13 heavy (non-hydrogen) atoms. The molecule has 0 amide bonds. The number of unbranched alkanes of at least 4 members (excludes halogenated alkanes) is 1. The minimum atomic E-state index is -3.68. The van der Waals surface area contributed by atoms with Crippen molar-refractivity contribution < 1.29 is 28.8 Å². The molecule has 0 unspecified atom stereocenters. The Morgan fingerprint density at radius 2 is 1.23 bits per heavy atom. The van der Waals surface area contributed by atoms with Gasteiger partial charge in [-0.1, -0.05) is 13.3 Å². The van der Waals surface area contributed by atoms with Crippen molar-refractivity contribution in [3.8, 4) is 0 Å². The summed E-state index contributed by atoms with van der Waals surface area (Å²) in [6.45, 7) is 2.92. The van der Waals surface area contributed by atoms with E-state index in [2.05, 4.69) is 0 Å². The molecule has 0 aliphatic rings. The summed E-state index contributed by atoms with van der Waals surface area (Å²) in [7, 11) is -7.29. The molecule has 0 aliphatic carbocycles. The molecular formula is C5H18O6Si2. The molecule has 0 aromatic heterocycles. The van der Waals surface area contributed by atoms with Crippen molar-refractivity contribution in [2.24, 2.45) is 0 Å². The van der Waals surface area contributed by atoms with Crippen LogP contribution in [-0.4, -0.2) is 46.4 Å². The van der Waals surface area contributed by atoms with Gasteiger partial charge in [-0.2, -0.15) is 0 Å². The fraction of sp³-hybridized carbons (Fsp3) is 1.00. The van der Waals surface area contributed by atoms with Crippen molar-refractivity contribution in [2.75, 3.05) is 0 Å². The third-order valence-corrected chi connectivity index (χ3v) is 1.89. The van der Waals surface area contributed by atoms with Gasteiger partial charge in [-0.15, -0.1) is 0 Å². The average Bonchev–Trinajstić information content (AvgIpc) is 1.77. The van der Waals surface area contributed by atoms with E-state index < -0.39 is 17.6 Å². The molecule has 8 heteroatoms. The Balaban J connectivity index is 0. The van der Waals surface area contributed by atoms with Gasteiger partial charge in [0.1, 0.15) is 0 Å². The molecule has 0 spiro atoms. The summed E-state index contributed by atoms with van der Waals surface area (Å²) in [6.07, 6.45) is 1.58. The largest absolute Gasteiger partial charge is 0.492 e. The molecule has 0 aliphatic heterocycles. The number of hydrogen-bond acceptors (Lipinski definition) is 6. The summed E-state index contributed by atoms with van der Waals surface area (Å²) in [6, 6.07) is 0.170. The first kappa shape index (κ1) is 15.7. The summed E-state index contributed by atoms with van der Waals surface area (Å²) in [5, 5.41) is 0. The van der Waals surface area contributed by atoms with Gasteiger partial charge < -0.3 is 28.8 Å². The van der Waals surface area contributed by atoms with Crippen molar-refractivity contribution >= 4 is 17.6 Å². The Morgan fingerprint density at radius 1 is 0.923 bits per heavy atom. The molecule has 82 valence electrons. The second-order valence-electron chi connectivity index (χ2n) is 2.85. The molecular weight excluding hydrogens is 212 g/mol. The Bertz CT molecular complexity index is 111. The van der Waals surface area contributed by atoms with Gasteiger partial charge in [0.15, 0.2) is 0 Å². The zero-order valence-corrected chi connectivity index (χ0v) is 9.80. The lowest BCUT2D eigenvalue weighted by Crippen LogP contribution is -2.33. The van der Waals surface area contributed by atoms with Crippen LogP contribution < -0.4 is 0 Å². The van der Waals surface area contributed by atoms with Crippen LogP contribution in [0.4, 0.5) is 0 Å². The van der Waals surface area contributed by atoms with Gasteiger partial charge >= 0.3 is 17.6 Å². The van der Waals surface area contributed by atoms with Crippen LogP contribution in [0.2, 0.25) is 12.6 Å². The molecule has 0 fully saturated rings. The molecule has 6 nitrogen and oxygen atoms in total. The molecule has 0 saturated heterocycles. The van der Waals surface area contributed by atoms with E-state index >= 15 is 0 Å². The predicted molar refractivity (Wildman–Crippen MR) is 50.4 cm³/mol. The van der Waals surface area contributed by atoms with Gasteiger partial charge in [-0.3, -0.25) is 0 Å². The average molecular weight is 230 g/mol. The maximum Gasteiger partial charge on any atom is 0.492 e. The van der Waals surface area contributed by atoms with Crippen LogP contribution in [0.1, 0.15) is 19.8 Å². The normalized spacial score (nSPS) is 12.0. The third-order valence-electron chi connectivity index (χ3n) is 0.866. The molecule has 0 saturated carbocycles. The second-order valence-corrected chi connectivity index (χ2v) is 6.84. The van der Waals surface area contributed by atoms with Crippen LogP contribution in [0.3, 0.4) is 0 Å². The van der Waals surface area contributed by atoms with E-state index in [1.807, 2.05) is 6.92 Å². The summed E-state index contributed by atoms with van der Waals surface area (Å²) in [5.74, 6) is 0. The van der Waals surface area contributed by atoms with E-state index in [9.17, 15) is 0 Å². The highest BCUT2D eigenvalue weighted by atomic mass is 28.4. The van der Waals surface area contributed by atoms with Gasteiger partial charge in [-0.05, 0) is 6.42 Å². The van der Waals surface area contributed by atoms with Crippen molar-refractivity contribution in [2.45, 2.75) is 32.4 Å². The van der Waals surface area contributed by atoms with Gasteiger partial charge in [0.2, 0.25) is 0 Å². The van der Waals surface area contributed by atoms with Crippen LogP contribution >= 0.6 is 0 Å². The van der Waals surface area contributed by atoms with E-state index in [1.54, 1.807) is 0 Å². The molecule has 0 atom stereocenters. The summed E-state index contributed by atoms with van der Waals surface area (Å²) in [4.78, 5) is 48.5. The SMILES string of the molecule is CCCC[Si](O)(O)O.C[Si](O)(O)O. The first-order valence-electron chi connectivity index (χ1n) is 3.90. The van der Waals surface area contributed by atoms with Gasteiger partial charge in [0.05, 0.1) is 0 Å². The summed E-state index contributed by atoms with van der Waals surface area (Å²) >= 11 is 0. The zero-order chi connectivity index (χ0) is 11.1. The lowest BCUT2D eigenvalue weighted by atomic mass is 10.4. The minimum absolute atomic E-state index is 0.170. The monoisotopic (exact) mass is 230 g/mol. The maximum absolute atomic E-state index is 8.40. The predicted octanol–water partition coefficient (Wildman–Crippen LogP) is -1.77. The highest BCUT2D eigenvalue weighted by Crippen LogP contribution is 2.02. The fourth-order valence-corrected chi connectivity index (χ4v) is 1.24. The van der Waals surface area contributed by atoms with Crippen LogP contribution in [0.25, 0.3) is 0 Å². The fourth-order valence-electron chi connectivity index (χ4n) is 0.414. The second kappa shape index (κ2) is 6.62. The van der Waals surface area contributed by atoms with Crippen molar-refractivity contribution in [3.05, 3.63) is 0 Å². The summed E-state index contributed by atoms with van der Waals surface area (Å²) < 4.78 is 0. The number of hydrogen-bond donors (Lipinski definition) is 6. The van der Waals surface area contributed by atoms with E-state index in [0.717, 1.165) is 13.0 Å². The molecule has 0 aromatic carbocycles. The highest BCUT2D eigenvalue weighted by molar-refractivity contribution is 6.56. The molecule has 0 bridgehead atoms. The first-order valence-corrected chi connectivity index (χ1v) is 8.29. The van der Waals surface area contributed by atoms with Gasteiger partial charge in [0.25, 0.3) is 0 Å². The quantitative estimate of drug-likeness (QED) is 0.319. The third kappa shape index (κ3) is 47.0. The lowest BCUT2D eigenvalue weighted by molar-refractivity contribution is 0.226. The first-order chi connectivity index (χ1) is 5.56.